The van der Waals surface area contributed by atoms with Crippen molar-refractivity contribution >= 4 is 0 Å². The average molecular weight is 325 g/mol. The quantitative estimate of drug-likeness (QED) is 0.848. The van der Waals surface area contributed by atoms with Crippen LogP contribution >= 0.6 is 0 Å². The molecule has 0 saturated carbocycles. The normalized spacial score (nSPS) is 18.3. The van der Waals surface area contributed by atoms with Gasteiger partial charge in [-0.15, -0.1) is 0 Å². The number of phenols is 1. The fraction of sp³-hybridized carbons (Fsp3) is 0.450. The van der Waals surface area contributed by atoms with Gasteiger partial charge in [-0.05, 0) is 44.1 Å². The van der Waals surface area contributed by atoms with E-state index in [-0.39, 0.29) is 0 Å². The number of likely N-dealkylation sites (N-methyl/N-ethyl adjacent to an activating group) is 1. The van der Waals surface area contributed by atoms with Gasteiger partial charge in [0.15, 0.2) is 0 Å². The zero-order valence-corrected chi connectivity index (χ0v) is 14.4. The number of hydrogen-bond acceptors (Lipinski definition) is 4. The van der Waals surface area contributed by atoms with Crippen molar-refractivity contribution in [3.05, 3.63) is 59.9 Å². The summed E-state index contributed by atoms with van der Waals surface area (Å²) in [6, 6.07) is 14.3. The van der Waals surface area contributed by atoms with Gasteiger partial charge in [-0.2, -0.15) is 0 Å². The number of para-hydroxylation sites is 1. The molecule has 128 valence electrons. The van der Waals surface area contributed by atoms with Crippen molar-refractivity contribution in [2.75, 3.05) is 19.6 Å². The molecule has 1 saturated heterocycles. The minimum Gasteiger partial charge on any atom is -0.508 e. The van der Waals surface area contributed by atoms with Gasteiger partial charge in [-0.25, -0.2) is 0 Å². The molecule has 1 fully saturated rings. The number of aromatic hydroxyl groups is 1. The van der Waals surface area contributed by atoms with Crippen LogP contribution in [0, 0.1) is 0 Å². The molecule has 0 amide bonds. The summed E-state index contributed by atoms with van der Waals surface area (Å²) >= 11 is 0. The number of aromatic nitrogens is 1. The van der Waals surface area contributed by atoms with Crippen LogP contribution in [-0.2, 0) is 13.1 Å². The van der Waals surface area contributed by atoms with Gasteiger partial charge in [0.2, 0.25) is 0 Å². The Morgan fingerprint density at radius 1 is 1.17 bits per heavy atom. The maximum absolute atomic E-state index is 10.1. The van der Waals surface area contributed by atoms with E-state index < -0.39 is 0 Å². The molecular formula is C20H27N3O. The molecule has 4 nitrogen and oxygen atoms in total. The molecule has 3 rings (SSSR count). The van der Waals surface area contributed by atoms with Crippen molar-refractivity contribution in [2.45, 2.75) is 38.9 Å². The molecule has 2 heterocycles. The zero-order chi connectivity index (χ0) is 16.8. The van der Waals surface area contributed by atoms with Crippen molar-refractivity contribution in [1.29, 1.82) is 0 Å². The van der Waals surface area contributed by atoms with Crippen LogP contribution in [0.25, 0.3) is 0 Å². The first-order chi connectivity index (χ1) is 11.8. The molecule has 1 aliphatic rings. The van der Waals surface area contributed by atoms with Gasteiger partial charge in [-0.3, -0.25) is 14.8 Å². The minimum atomic E-state index is 0.377. The lowest BCUT2D eigenvalue weighted by Crippen LogP contribution is -2.39. The van der Waals surface area contributed by atoms with E-state index in [2.05, 4.69) is 27.8 Å². The molecule has 1 aliphatic heterocycles. The lowest BCUT2D eigenvalue weighted by Gasteiger charge is -2.30. The van der Waals surface area contributed by atoms with E-state index in [0.29, 0.717) is 11.8 Å². The highest BCUT2D eigenvalue weighted by Gasteiger charge is 2.25. The first-order valence-corrected chi connectivity index (χ1v) is 8.89. The van der Waals surface area contributed by atoms with Crippen molar-refractivity contribution in [1.82, 2.24) is 14.8 Å². The maximum atomic E-state index is 10.1. The van der Waals surface area contributed by atoms with Crippen LogP contribution in [0.1, 0.15) is 31.0 Å². The summed E-state index contributed by atoms with van der Waals surface area (Å²) in [6.07, 6.45) is 4.39. The Labute approximate surface area is 144 Å². The highest BCUT2D eigenvalue weighted by atomic mass is 16.3. The molecule has 24 heavy (non-hydrogen) atoms. The molecule has 0 spiro atoms. The van der Waals surface area contributed by atoms with E-state index in [1.54, 1.807) is 6.07 Å². The second-order valence-electron chi connectivity index (χ2n) is 6.54. The third-order valence-electron chi connectivity index (χ3n) is 4.87. The molecule has 0 unspecified atom stereocenters. The van der Waals surface area contributed by atoms with Gasteiger partial charge < -0.3 is 5.11 Å². The number of benzene rings is 1. The third kappa shape index (κ3) is 4.34. The molecule has 2 aromatic rings. The highest BCUT2D eigenvalue weighted by Crippen LogP contribution is 2.22. The second-order valence-corrected chi connectivity index (χ2v) is 6.54. The number of rotatable bonds is 7. The van der Waals surface area contributed by atoms with Crippen LogP contribution in [0.5, 0.6) is 5.75 Å². The van der Waals surface area contributed by atoms with E-state index in [1.165, 1.54) is 19.4 Å². The summed E-state index contributed by atoms with van der Waals surface area (Å²) in [7, 11) is 0. The number of nitrogens with zero attached hydrogens (tertiary/aromatic N) is 3. The van der Waals surface area contributed by atoms with Gasteiger partial charge in [0.25, 0.3) is 0 Å². The summed E-state index contributed by atoms with van der Waals surface area (Å²) in [5, 5.41) is 10.1. The largest absolute Gasteiger partial charge is 0.508 e. The van der Waals surface area contributed by atoms with Gasteiger partial charge >= 0.3 is 0 Å². The summed E-state index contributed by atoms with van der Waals surface area (Å²) in [4.78, 5) is 9.46. The Balaban J connectivity index is 1.74. The molecule has 1 N–H and O–H groups in total. The van der Waals surface area contributed by atoms with Crippen LogP contribution in [0.2, 0.25) is 0 Å². The van der Waals surface area contributed by atoms with Gasteiger partial charge in [-0.1, -0.05) is 31.2 Å². The monoisotopic (exact) mass is 325 g/mol. The molecule has 0 aliphatic carbocycles. The number of likely N-dealkylation sites (tertiary alicyclic amines) is 1. The van der Waals surface area contributed by atoms with Crippen LogP contribution in [0.4, 0.5) is 0 Å². The Morgan fingerprint density at radius 2 is 2.00 bits per heavy atom. The summed E-state index contributed by atoms with van der Waals surface area (Å²) in [5.74, 6) is 0.377. The first kappa shape index (κ1) is 16.9. The highest BCUT2D eigenvalue weighted by molar-refractivity contribution is 5.31. The van der Waals surface area contributed by atoms with Crippen molar-refractivity contribution in [2.24, 2.45) is 0 Å². The summed E-state index contributed by atoms with van der Waals surface area (Å²) < 4.78 is 0. The van der Waals surface area contributed by atoms with E-state index in [0.717, 1.165) is 37.4 Å². The van der Waals surface area contributed by atoms with Gasteiger partial charge in [0.05, 0.1) is 5.69 Å². The minimum absolute atomic E-state index is 0.377. The Hall–Kier alpha value is -1.91. The maximum Gasteiger partial charge on any atom is 0.120 e. The molecule has 1 aromatic heterocycles. The SMILES string of the molecule is CCN1CCC[C@H]1CN(Cc1ccccn1)Cc1ccccc1O. The van der Waals surface area contributed by atoms with Crippen LogP contribution in [0.15, 0.2) is 48.7 Å². The van der Waals surface area contributed by atoms with E-state index in [4.69, 9.17) is 0 Å². The van der Waals surface area contributed by atoms with Crippen LogP contribution in [-0.4, -0.2) is 45.6 Å². The smallest absolute Gasteiger partial charge is 0.120 e. The molecule has 4 heteroatoms. The first-order valence-electron chi connectivity index (χ1n) is 8.89. The van der Waals surface area contributed by atoms with Crippen molar-refractivity contribution in [3.63, 3.8) is 0 Å². The van der Waals surface area contributed by atoms with E-state index in [1.807, 2.05) is 36.5 Å². The Morgan fingerprint density at radius 3 is 2.75 bits per heavy atom. The average Bonchev–Trinajstić information content (AvgIpc) is 3.05. The van der Waals surface area contributed by atoms with Gasteiger partial charge in [0.1, 0.15) is 5.75 Å². The van der Waals surface area contributed by atoms with Crippen molar-refractivity contribution in [3.8, 4) is 5.75 Å². The topological polar surface area (TPSA) is 39.6 Å². The summed E-state index contributed by atoms with van der Waals surface area (Å²) in [5.41, 5.74) is 2.06. The Bertz CT molecular complexity index is 632. The predicted octanol–water partition coefficient (Wildman–Crippen LogP) is 3.27. The van der Waals surface area contributed by atoms with Crippen LogP contribution in [0.3, 0.4) is 0 Å². The lowest BCUT2D eigenvalue weighted by atomic mass is 10.1. The Kier molecular flexibility index (Phi) is 5.83. The molecular weight excluding hydrogens is 298 g/mol. The molecule has 0 bridgehead atoms. The number of pyridine rings is 1. The second kappa shape index (κ2) is 8.27. The fourth-order valence-electron chi connectivity index (χ4n) is 3.61. The lowest BCUT2D eigenvalue weighted by molar-refractivity contribution is 0.163. The third-order valence-corrected chi connectivity index (χ3v) is 4.87. The molecule has 1 aromatic carbocycles. The molecule has 0 radical (unpaired) electrons. The van der Waals surface area contributed by atoms with Crippen molar-refractivity contribution < 1.29 is 5.11 Å². The van der Waals surface area contributed by atoms with Gasteiger partial charge in [0, 0.05) is 37.4 Å². The predicted molar refractivity (Wildman–Crippen MR) is 96.7 cm³/mol. The van der Waals surface area contributed by atoms with E-state index in [9.17, 15) is 5.11 Å². The fourth-order valence-corrected chi connectivity index (χ4v) is 3.61. The van der Waals surface area contributed by atoms with E-state index >= 15 is 0 Å². The molecule has 1 atom stereocenters. The number of hydrogen-bond donors (Lipinski definition) is 1. The standard InChI is InChI=1S/C20H27N3O/c1-2-23-13-7-10-19(23)16-22(15-18-9-5-6-12-21-18)14-17-8-3-4-11-20(17)24/h3-6,8-9,11-12,19,24H,2,7,10,13-16H2,1H3/t19-/m0/s1. The zero-order valence-electron chi connectivity index (χ0n) is 14.4. The van der Waals surface area contributed by atoms with Crippen LogP contribution < -0.4 is 0 Å². The number of phenolic OH excluding ortho intramolecular Hbond substituents is 1. The summed E-state index contributed by atoms with van der Waals surface area (Å²) in [6.45, 7) is 7.12.